The van der Waals surface area contributed by atoms with Gasteiger partial charge in [0.15, 0.2) is 0 Å². The summed E-state index contributed by atoms with van der Waals surface area (Å²) in [7, 11) is 0. The second-order valence-corrected chi connectivity index (χ2v) is 5.49. The first kappa shape index (κ1) is 12.8. The molecule has 5 nitrogen and oxygen atoms in total. The SMILES string of the molecule is O=C(NCc1ccccc1[N+](=O)[O-])[C@H]1C[C@H]2C=C[C@H]1C2. The van der Waals surface area contributed by atoms with Gasteiger partial charge in [-0.25, -0.2) is 0 Å². The number of carbonyl (C=O) groups excluding carboxylic acids is 1. The van der Waals surface area contributed by atoms with Crippen LogP contribution in [0.3, 0.4) is 0 Å². The average molecular weight is 272 g/mol. The third kappa shape index (κ3) is 2.31. The zero-order chi connectivity index (χ0) is 14.1. The lowest BCUT2D eigenvalue weighted by Gasteiger charge is -2.17. The van der Waals surface area contributed by atoms with Gasteiger partial charge in [-0.3, -0.25) is 14.9 Å². The van der Waals surface area contributed by atoms with Gasteiger partial charge < -0.3 is 5.32 Å². The van der Waals surface area contributed by atoms with Gasteiger partial charge in [0.05, 0.1) is 4.92 Å². The monoisotopic (exact) mass is 272 g/mol. The Hall–Kier alpha value is -2.17. The summed E-state index contributed by atoms with van der Waals surface area (Å²) in [5.74, 6) is 0.945. The lowest BCUT2D eigenvalue weighted by Crippen LogP contribution is -2.32. The van der Waals surface area contributed by atoms with E-state index >= 15 is 0 Å². The quantitative estimate of drug-likeness (QED) is 0.519. The molecule has 0 unspecified atom stereocenters. The van der Waals surface area contributed by atoms with Crippen molar-refractivity contribution < 1.29 is 9.72 Å². The highest BCUT2D eigenvalue weighted by Gasteiger charge is 2.39. The van der Waals surface area contributed by atoms with Crippen molar-refractivity contribution in [3.8, 4) is 0 Å². The van der Waals surface area contributed by atoms with Gasteiger partial charge in [-0.2, -0.15) is 0 Å². The van der Waals surface area contributed by atoms with E-state index in [4.69, 9.17) is 0 Å². The fraction of sp³-hybridized carbons (Fsp3) is 0.400. The van der Waals surface area contributed by atoms with Crippen LogP contribution < -0.4 is 5.32 Å². The Morgan fingerprint density at radius 1 is 1.30 bits per heavy atom. The molecule has 3 atom stereocenters. The van der Waals surface area contributed by atoms with E-state index < -0.39 is 4.92 Å². The molecule has 0 aliphatic heterocycles. The van der Waals surface area contributed by atoms with Crippen molar-refractivity contribution in [2.45, 2.75) is 19.4 Å². The first-order valence-corrected chi connectivity index (χ1v) is 6.83. The zero-order valence-electron chi connectivity index (χ0n) is 11.0. The largest absolute Gasteiger partial charge is 0.352 e. The van der Waals surface area contributed by atoms with Gasteiger partial charge in [-0.05, 0) is 24.7 Å². The van der Waals surface area contributed by atoms with E-state index in [0.29, 0.717) is 17.4 Å². The molecule has 1 saturated carbocycles. The van der Waals surface area contributed by atoms with Crippen LogP contribution in [0.15, 0.2) is 36.4 Å². The van der Waals surface area contributed by atoms with Crippen molar-refractivity contribution in [3.63, 3.8) is 0 Å². The molecule has 3 rings (SSSR count). The van der Waals surface area contributed by atoms with Gasteiger partial charge in [0.25, 0.3) is 5.69 Å². The van der Waals surface area contributed by atoms with E-state index in [-0.39, 0.29) is 24.1 Å². The van der Waals surface area contributed by atoms with Crippen LogP contribution in [0.2, 0.25) is 0 Å². The third-order valence-electron chi connectivity index (χ3n) is 4.26. The standard InChI is InChI=1S/C15H16N2O3/c18-15(13-8-10-5-6-11(13)7-10)16-9-12-3-1-2-4-14(12)17(19)20/h1-6,10-11,13H,7-9H2,(H,16,18)/t10-,11-,13-/m0/s1. The topological polar surface area (TPSA) is 72.2 Å². The Kier molecular flexibility index (Phi) is 3.26. The summed E-state index contributed by atoms with van der Waals surface area (Å²) in [4.78, 5) is 22.7. The van der Waals surface area contributed by atoms with Crippen LogP contribution in [0.4, 0.5) is 5.69 Å². The maximum absolute atomic E-state index is 12.2. The molecule has 1 amide bonds. The maximum Gasteiger partial charge on any atom is 0.274 e. The number of nitro groups is 1. The number of fused-ring (bicyclic) bond motifs is 2. The number of allylic oxidation sites excluding steroid dienone is 2. The lowest BCUT2D eigenvalue weighted by molar-refractivity contribution is -0.385. The number of nitro benzene ring substituents is 1. The Bertz CT molecular complexity index is 582. The number of para-hydroxylation sites is 1. The molecule has 5 heteroatoms. The molecule has 1 aromatic rings. The average Bonchev–Trinajstić information content (AvgIpc) is 3.07. The van der Waals surface area contributed by atoms with Gasteiger partial charge >= 0.3 is 0 Å². The molecule has 2 aliphatic rings. The molecule has 0 saturated heterocycles. The summed E-state index contributed by atoms with van der Waals surface area (Å²) < 4.78 is 0. The second-order valence-electron chi connectivity index (χ2n) is 5.49. The van der Waals surface area contributed by atoms with Crippen molar-refractivity contribution in [2.75, 3.05) is 0 Å². The smallest absolute Gasteiger partial charge is 0.274 e. The van der Waals surface area contributed by atoms with Crippen LogP contribution >= 0.6 is 0 Å². The van der Waals surface area contributed by atoms with E-state index in [1.807, 2.05) is 0 Å². The van der Waals surface area contributed by atoms with Crippen LogP contribution in [0.25, 0.3) is 0 Å². The van der Waals surface area contributed by atoms with Crippen molar-refractivity contribution in [3.05, 3.63) is 52.1 Å². The highest BCUT2D eigenvalue weighted by molar-refractivity contribution is 5.80. The molecule has 0 heterocycles. The molecule has 0 spiro atoms. The van der Waals surface area contributed by atoms with Gasteiger partial charge in [-0.1, -0.05) is 30.4 Å². The third-order valence-corrected chi connectivity index (χ3v) is 4.26. The lowest BCUT2D eigenvalue weighted by atomic mass is 9.93. The number of rotatable bonds is 4. The van der Waals surface area contributed by atoms with Crippen molar-refractivity contribution in [1.29, 1.82) is 0 Å². The molecule has 2 aliphatic carbocycles. The molecular weight excluding hydrogens is 256 g/mol. The van der Waals surface area contributed by atoms with Gasteiger partial charge in [0.1, 0.15) is 0 Å². The van der Waals surface area contributed by atoms with Crippen molar-refractivity contribution in [2.24, 2.45) is 17.8 Å². The highest BCUT2D eigenvalue weighted by atomic mass is 16.6. The number of nitrogens with zero attached hydrogens (tertiary/aromatic N) is 1. The molecule has 0 radical (unpaired) electrons. The van der Waals surface area contributed by atoms with Crippen LogP contribution in [0, 0.1) is 27.9 Å². The zero-order valence-corrected chi connectivity index (χ0v) is 11.0. The first-order chi connectivity index (χ1) is 9.65. The van der Waals surface area contributed by atoms with E-state index in [0.717, 1.165) is 12.8 Å². The van der Waals surface area contributed by atoms with E-state index in [1.54, 1.807) is 18.2 Å². The molecule has 2 bridgehead atoms. The van der Waals surface area contributed by atoms with E-state index in [1.165, 1.54) is 6.07 Å². The molecule has 1 fully saturated rings. The van der Waals surface area contributed by atoms with E-state index in [9.17, 15) is 14.9 Å². The van der Waals surface area contributed by atoms with Gasteiger partial charge in [0.2, 0.25) is 5.91 Å². The van der Waals surface area contributed by atoms with Crippen LogP contribution in [-0.2, 0) is 11.3 Å². The van der Waals surface area contributed by atoms with E-state index in [2.05, 4.69) is 17.5 Å². The number of hydrogen-bond donors (Lipinski definition) is 1. The fourth-order valence-electron chi connectivity index (χ4n) is 3.23. The number of carbonyl (C=O) groups is 1. The fourth-order valence-corrected chi connectivity index (χ4v) is 3.23. The number of benzene rings is 1. The van der Waals surface area contributed by atoms with Gasteiger partial charge in [-0.15, -0.1) is 0 Å². The first-order valence-electron chi connectivity index (χ1n) is 6.83. The predicted octanol–water partition coefficient (Wildman–Crippen LogP) is 2.42. The van der Waals surface area contributed by atoms with Gasteiger partial charge in [0, 0.05) is 24.1 Å². The summed E-state index contributed by atoms with van der Waals surface area (Å²) in [6, 6.07) is 6.51. The molecule has 20 heavy (non-hydrogen) atoms. The van der Waals surface area contributed by atoms with Crippen molar-refractivity contribution >= 4 is 11.6 Å². The maximum atomic E-state index is 12.2. The molecular formula is C15H16N2O3. The van der Waals surface area contributed by atoms with Crippen LogP contribution in [-0.4, -0.2) is 10.8 Å². The minimum Gasteiger partial charge on any atom is -0.352 e. The Morgan fingerprint density at radius 2 is 2.10 bits per heavy atom. The summed E-state index contributed by atoms with van der Waals surface area (Å²) in [5, 5.41) is 13.8. The molecule has 0 aromatic heterocycles. The molecule has 1 aromatic carbocycles. The highest BCUT2D eigenvalue weighted by Crippen LogP contribution is 2.43. The number of hydrogen-bond acceptors (Lipinski definition) is 3. The molecule has 1 N–H and O–H groups in total. The van der Waals surface area contributed by atoms with Crippen LogP contribution in [0.5, 0.6) is 0 Å². The normalized spacial score (nSPS) is 26.7. The Balaban J connectivity index is 1.64. The summed E-state index contributed by atoms with van der Waals surface area (Å²) in [6.45, 7) is 0.216. The molecule has 104 valence electrons. The summed E-state index contributed by atoms with van der Waals surface area (Å²) in [6.07, 6.45) is 6.30. The number of nitrogens with one attached hydrogen (secondary N) is 1. The Labute approximate surface area is 116 Å². The predicted molar refractivity (Wildman–Crippen MR) is 73.8 cm³/mol. The van der Waals surface area contributed by atoms with Crippen molar-refractivity contribution in [1.82, 2.24) is 5.32 Å². The second kappa shape index (κ2) is 5.07. The minimum absolute atomic E-state index is 0.0139. The van der Waals surface area contributed by atoms with Crippen LogP contribution in [0.1, 0.15) is 18.4 Å². The number of amides is 1. The summed E-state index contributed by atoms with van der Waals surface area (Å²) in [5.41, 5.74) is 0.602. The summed E-state index contributed by atoms with van der Waals surface area (Å²) >= 11 is 0. The minimum atomic E-state index is -0.415. The Morgan fingerprint density at radius 3 is 2.75 bits per heavy atom.